The van der Waals surface area contributed by atoms with E-state index in [1.807, 2.05) is 0 Å². The molecular formula is C2H8NO6-. The van der Waals surface area contributed by atoms with Gasteiger partial charge in [-0.15, -0.1) is 0 Å². The standard InChI is InChI=1S/C2H2O4.H3N.2H2O/c3-1(4)2(5)6;;;/h(H,3,4)(H,5,6);1H3;2*1H2/p-1. The van der Waals surface area contributed by atoms with Crippen LogP contribution in [0.5, 0.6) is 0 Å². The Balaban J connectivity index is -0.0000000417. The number of carbonyl (C=O) groups excluding carboxylic acids is 2. The van der Waals surface area contributed by atoms with E-state index in [9.17, 15) is 0 Å². The van der Waals surface area contributed by atoms with E-state index >= 15 is 0 Å². The predicted octanol–water partition coefficient (Wildman–Crippen LogP) is -4.79. The van der Waals surface area contributed by atoms with Gasteiger partial charge < -0.3 is 36.9 Å². The highest BCUT2D eigenvalue weighted by Crippen LogP contribution is 1.41. The molecule has 0 spiro atoms. The van der Waals surface area contributed by atoms with Crippen molar-refractivity contribution in [3.8, 4) is 0 Å². The Morgan fingerprint density at radius 1 is 0.889 bits per heavy atom. The van der Waals surface area contributed by atoms with Gasteiger partial charge in [-0.25, -0.2) is 0 Å². The zero-order valence-corrected chi connectivity index (χ0v) is 4.63. The fourth-order valence-corrected chi connectivity index (χ4v) is 0. The van der Waals surface area contributed by atoms with Crippen LogP contribution in [-0.2, 0) is 9.59 Å². The highest BCUT2D eigenvalue weighted by atomic mass is 16.4. The lowest BCUT2D eigenvalue weighted by Gasteiger charge is -1.97. The molecule has 0 heterocycles. The zero-order valence-electron chi connectivity index (χ0n) is 4.63. The molecule has 0 unspecified atom stereocenters. The molecule has 0 aromatic heterocycles. The molecule has 0 fully saturated rings. The Bertz CT molecular complexity index is 77.1. The Labute approximate surface area is 50.1 Å². The average Bonchev–Trinajstić information content (AvgIpc) is 1.36. The third-order valence-electron chi connectivity index (χ3n) is 0.167. The molecule has 0 saturated heterocycles. The largest absolute Gasteiger partial charge is 0.543 e. The second-order valence-corrected chi connectivity index (χ2v) is 0.575. The van der Waals surface area contributed by atoms with Crippen LogP contribution in [0, 0.1) is 0 Å². The first-order valence-electron chi connectivity index (χ1n) is 1.07. The van der Waals surface area contributed by atoms with E-state index in [-0.39, 0.29) is 17.1 Å². The van der Waals surface area contributed by atoms with E-state index < -0.39 is 11.9 Å². The highest BCUT2D eigenvalue weighted by molar-refractivity contribution is 6.25. The number of carboxylic acid groups (broad SMARTS) is 2. The van der Waals surface area contributed by atoms with Crippen LogP contribution in [0.25, 0.3) is 0 Å². The average molecular weight is 142 g/mol. The molecule has 0 bridgehead atoms. The molecule has 0 atom stereocenters. The van der Waals surface area contributed by atoms with E-state index in [0.717, 1.165) is 0 Å². The second-order valence-electron chi connectivity index (χ2n) is 0.575. The van der Waals surface area contributed by atoms with Crippen LogP contribution in [0.3, 0.4) is 0 Å². The summed E-state index contributed by atoms with van der Waals surface area (Å²) in [5, 5.41) is 17.9. The van der Waals surface area contributed by atoms with Gasteiger partial charge in [-0.2, -0.15) is 0 Å². The topological polar surface area (TPSA) is 180 Å². The smallest absolute Gasteiger partial charge is 0.0870 e. The van der Waals surface area contributed by atoms with Gasteiger partial charge in [-0.3, -0.25) is 0 Å². The first-order chi connectivity index (χ1) is 2.64. The lowest BCUT2D eigenvalue weighted by Crippen LogP contribution is -2.42. The minimum absolute atomic E-state index is 0. The summed E-state index contributed by atoms with van der Waals surface area (Å²) in [5.74, 6) is -4.37. The van der Waals surface area contributed by atoms with Crippen LogP contribution in [0.2, 0.25) is 0 Å². The molecule has 9 heavy (non-hydrogen) atoms. The maximum absolute atomic E-state index is 8.93. The van der Waals surface area contributed by atoms with E-state index in [1.54, 1.807) is 0 Å². The first-order valence-corrected chi connectivity index (χ1v) is 1.07. The molecule has 0 aliphatic heterocycles. The molecule has 0 rings (SSSR count). The van der Waals surface area contributed by atoms with Crippen LogP contribution in [-0.4, -0.2) is 22.9 Å². The van der Waals surface area contributed by atoms with Crippen LogP contribution in [0.1, 0.15) is 0 Å². The van der Waals surface area contributed by atoms with Crippen molar-refractivity contribution in [2.45, 2.75) is 0 Å². The molecule has 0 amide bonds. The van der Waals surface area contributed by atoms with E-state index in [2.05, 4.69) is 0 Å². The molecule has 7 heteroatoms. The quantitative estimate of drug-likeness (QED) is 0.333. The van der Waals surface area contributed by atoms with E-state index in [0.29, 0.717) is 0 Å². The van der Waals surface area contributed by atoms with Gasteiger partial charge in [0.25, 0.3) is 0 Å². The number of carbonyl (C=O) groups is 2. The second kappa shape index (κ2) is 9.94. The van der Waals surface area contributed by atoms with Gasteiger partial charge >= 0.3 is 0 Å². The zero-order chi connectivity index (χ0) is 5.15. The van der Waals surface area contributed by atoms with Gasteiger partial charge in [0.2, 0.25) is 0 Å². The summed E-state index contributed by atoms with van der Waals surface area (Å²) in [4.78, 5) is 17.9. The van der Waals surface area contributed by atoms with Crippen molar-refractivity contribution in [2.75, 3.05) is 0 Å². The fourth-order valence-electron chi connectivity index (χ4n) is 0. The summed E-state index contributed by atoms with van der Waals surface area (Å²) >= 11 is 0. The Hall–Kier alpha value is -1.18. The van der Waals surface area contributed by atoms with Gasteiger partial charge in [0.15, 0.2) is 0 Å². The Morgan fingerprint density at radius 2 is 1.00 bits per heavy atom. The minimum atomic E-state index is -2.19. The van der Waals surface area contributed by atoms with Crippen LogP contribution in [0.4, 0.5) is 0 Å². The SMILES string of the molecule is O.O.O=C([O-])C(=O)[O-].[NH4+]. The number of rotatable bonds is 0. The predicted molar refractivity (Wildman–Crippen MR) is 23.2 cm³/mol. The highest BCUT2D eigenvalue weighted by Gasteiger charge is 1.74. The van der Waals surface area contributed by atoms with Crippen molar-refractivity contribution < 1.29 is 30.8 Å². The van der Waals surface area contributed by atoms with Crippen LogP contribution in [0.15, 0.2) is 0 Å². The summed E-state index contributed by atoms with van der Waals surface area (Å²) in [5.41, 5.74) is 0. The van der Waals surface area contributed by atoms with Crippen LogP contribution < -0.4 is 16.4 Å². The van der Waals surface area contributed by atoms with Crippen molar-refractivity contribution >= 4 is 11.9 Å². The number of quaternary nitrogens is 1. The number of carboxylic acids is 2. The minimum Gasteiger partial charge on any atom is -0.543 e. The van der Waals surface area contributed by atoms with Crippen molar-refractivity contribution in [2.24, 2.45) is 0 Å². The van der Waals surface area contributed by atoms with Crippen LogP contribution >= 0.6 is 0 Å². The van der Waals surface area contributed by atoms with Gasteiger partial charge in [0, 0.05) is 0 Å². The van der Waals surface area contributed by atoms with Crippen molar-refractivity contribution in [1.29, 1.82) is 0 Å². The Kier molecular flexibility index (Phi) is 27.5. The molecule has 0 aromatic rings. The van der Waals surface area contributed by atoms with Gasteiger partial charge in [0.05, 0.1) is 11.9 Å². The summed E-state index contributed by atoms with van der Waals surface area (Å²) in [6, 6.07) is 0. The van der Waals surface area contributed by atoms with Gasteiger partial charge in [-0.1, -0.05) is 0 Å². The normalized spacial score (nSPS) is 4.89. The van der Waals surface area contributed by atoms with Crippen molar-refractivity contribution in [3.63, 3.8) is 0 Å². The van der Waals surface area contributed by atoms with Crippen molar-refractivity contribution in [1.82, 2.24) is 6.15 Å². The molecular weight excluding hydrogens is 134 g/mol. The fraction of sp³-hybridized carbons (Fsp3) is 0. The van der Waals surface area contributed by atoms with Gasteiger partial charge in [-0.05, 0) is 0 Å². The summed E-state index contributed by atoms with van der Waals surface area (Å²) in [6.45, 7) is 0. The molecule has 58 valence electrons. The number of hydrogen-bond donors (Lipinski definition) is 1. The molecule has 8 N–H and O–H groups in total. The van der Waals surface area contributed by atoms with E-state index in [1.165, 1.54) is 0 Å². The monoisotopic (exact) mass is 142 g/mol. The maximum atomic E-state index is 8.93. The van der Waals surface area contributed by atoms with E-state index in [4.69, 9.17) is 19.8 Å². The third kappa shape index (κ3) is 19.9. The maximum Gasteiger partial charge on any atom is 0.0870 e. The molecule has 0 radical (unpaired) electrons. The molecule has 7 nitrogen and oxygen atoms in total. The Morgan fingerprint density at radius 3 is 1.00 bits per heavy atom. The number of aliphatic carboxylic acids is 2. The summed E-state index contributed by atoms with van der Waals surface area (Å²) in [7, 11) is 0. The third-order valence-corrected chi connectivity index (χ3v) is 0.167. The van der Waals surface area contributed by atoms with Crippen molar-refractivity contribution in [3.05, 3.63) is 0 Å². The summed E-state index contributed by atoms with van der Waals surface area (Å²) < 4.78 is 0. The number of hydrogen-bond acceptors (Lipinski definition) is 4. The lowest BCUT2D eigenvalue weighted by atomic mass is 10.7. The van der Waals surface area contributed by atoms with Gasteiger partial charge in [0.1, 0.15) is 0 Å². The first kappa shape index (κ1) is 24.9. The molecule has 0 aliphatic rings. The molecule has 0 aliphatic carbocycles. The lowest BCUT2D eigenvalue weighted by molar-refractivity contribution is -0.345. The summed E-state index contributed by atoms with van der Waals surface area (Å²) in [6.07, 6.45) is 0. The molecule has 0 aromatic carbocycles. The molecule has 0 saturated carbocycles.